The highest BCUT2D eigenvalue weighted by Gasteiger charge is 2.41. The van der Waals surface area contributed by atoms with Crippen molar-refractivity contribution in [1.29, 1.82) is 0 Å². The highest BCUT2D eigenvalue weighted by Crippen LogP contribution is 2.43. The summed E-state index contributed by atoms with van der Waals surface area (Å²) >= 11 is 0. The maximum atomic E-state index is 3.54. The van der Waals surface area contributed by atoms with Crippen molar-refractivity contribution in [1.82, 2.24) is 10.2 Å². The zero-order chi connectivity index (χ0) is 10.3. The average molecular weight is 196 g/mol. The van der Waals surface area contributed by atoms with Gasteiger partial charge in [-0.25, -0.2) is 0 Å². The standard InChI is InChI=1S/C12H24N2/c1-9-8-14(10(2)7-13-9)11-5-12(3,4)6-11/h9-11,13H,5-8H2,1-4H3. The van der Waals surface area contributed by atoms with E-state index in [4.69, 9.17) is 0 Å². The Kier molecular flexibility index (Phi) is 2.61. The van der Waals surface area contributed by atoms with Gasteiger partial charge in [-0.15, -0.1) is 0 Å². The van der Waals surface area contributed by atoms with Gasteiger partial charge in [0.1, 0.15) is 0 Å². The second-order valence-electron chi connectivity index (χ2n) is 6.08. The van der Waals surface area contributed by atoms with Gasteiger partial charge in [0.05, 0.1) is 0 Å². The lowest BCUT2D eigenvalue weighted by atomic mass is 9.67. The third-order valence-electron chi connectivity index (χ3n) is 3.86. The van der Waals surface area contributed by atoms with E-state index in [0.717, 1.165) is 18.6 Å². The fourth-order valence-corrected chi connectivity index (χ4v) is 3.01. The van der Waals surface area contributed by atoms with Crippen LogP contribution < -0.4 is 5.32 Å². The summed E-state index contributed by atoms with van der Waals surface area (Å²) in [7, 11) is 0. The molecule has 2 nitrogen and oxygen atoms in total. The molecule has 2 aliphatic rings. The van der Waals surface area contributed by atoms with E-state index in [0.29, 0.717) is 11.5 Å². The smallest absolute Gasteiger partial charge is 0.0196 e. The largest absolute Gasteiger partial charge is 0.311 e. The lowest BCUT2D eigenvalue weighted by molar-refractivity contribution is -0.0140. The number of nitrogens with one attached hydrogen (secondary N) is 1. The van der Waals surface area contributed by atoms with Gasteiger partial charge >= 0.3 is 0 Å². The van der Waals surface area contributed by atoms with E-state index in [1.807, 2.05) is 0 Å². The molecule has 1 saturated carbocycles. The van der Waals surface area contributed by atoms with Crippen LogP contribution >= 0.6 is 0 Å². The van der Waals surface area contributed by atoms with E-state index in [1.165, 1.54) is 19.4 Å². The third-order valence-corrected chi connectivity index (χ3v) is 3.86. The Balaban J connectivity index is 1.90. The molecule has 82 valence electrons. The van der Waals surface area contributed by atoms with Gasteiger partial charge in [0.15, 0.2) is 0 Å². The minimum atomic E-state index is 0.610. The number of piperazine rings is 1. The summed E-state index contributed by atoms with van der Waals surface area (Å²) in [4.78, 5) is 2.71. The Morgan fingerprint density at radius 1 is 1.21 bits per heavy atom. The fourth-order valence-electron chi connectivity index (χ4n) is 3.01. The quantitative estimate of drug-likeness (QED) is 0.688. The summed E-state index contributed by atoms with van der Waals surface area (Å²) in [6, 6.07) is 2.27. The molecule has 2 fully saturated rings. The molecule has 0 spiro atoms. The van der Waals surface area contributed by atoms with Gasteiger partial charge in [0, 0.05) is 31.2 Å². The molecule has 0 aromatic heterocycles. The highest BCUT2D eigenvalue weighted by molar-refractivity contribution is 4.97. The number of hydrogen-bond donors (Lipinski definition) is 1. The first-order valence-electron chi connectivity index (χ1n) is 5.97. The van der Waals surface area contributed by atoms with Gasteiger partial charge in [-0.2, -0.15) is 0 Å². The summed E-state index contributed by atoms with van der Waals surface area (Å²) in [5.74, 6) is 0. The van der Waals surface area contributed by atoms with Gasteiger partial charge in [-0.1, -0.05) is 13.8 Å². The van der Waals surface area contributed by atoms with E-state index in [-0.39, 0.29) is 0 Å². The van der Waals surface area contributed by atoms with Gasteiger partial charge in [0.25, 0.3) is 0 Å². The van der Waals surface area contributed by atoms with Gasteiger partial charge < -0.3 is 5.32 Å². The Labute approximate surface area is 88.1 Å². The minimum absolute atomic E-state index is 0.610. The maximum Gasteiger partial charge on any atom is 0.0196 e. The highest BCUT2D eigenvalue weighted by atomic mass is 15.3. The molecular formula is C12H24N2. The molecule has 1 aliphatic carbocycles. The van der Waals surface area contributed by atoms with Crippen molar-refractivity contribution in [3.05, 3.63) is 0 Å². The average Bonchev–Trinajstić information content (AvgIpc) is 2.05. The maximum absolute atomic E-state index is 3.54. The third kappa shape index (κ3) is 1.96. The molecule has 0 radical (unpaired) electrons. The van der Waals surface area contributed by atoms with E-state index in [1.54, 1.807) is 0 Å². The van der Waals surface area contributed by atoms with Crippen molar-refractivity contribution in [3.8, 4) is 0 Å². The molecule has 2 heteroatoms. The molecule has 0 aromatic carbocycles. The summed E-state index contributed by atoms with van der Waals surface area (Å²) in [6.07, 6.45) is 2.79. The summed E-state index contributed by atoms with van der Waals surface area (Å²) in [6.45, 7) is 11.8. The van der Waals surface area contributed by atoms with Crippen molar-refractivity contribution < 1.29 is 0 Å². The molecule has 1 N–H and O–H groups in total. The fraction of sp³-hybridized carbons (Fsp3) is 1.00. The van der Waals surface area contributed by atoms with Crippen LogP contribution in [0, 0.1) is 5.41 Å². The Hall–Kier alpha value is -0.0800. The van der Waals surface area contributed by atoms with E-state index < -0.39 is 0 Å². The van der Waals surface area contributed by atoms with Crippen LogP contribution in [-0.2, 0) is 0 Å². The van der Waals surface area contributed by atoms with Crippen LogP contribution in [-0.4, -0.2) is 36.1 Å². The topological polar surface area (TPSA) is 15.3 Å². The Morgan fingerprint density at radius 2 is 1.86 bits per heavy atom. The first-order chi connectivity index (χ1) is 6.48. The van der Waals surface area contributed by atoms with Gasteiger partial charge in [0.2, 0.25) is 0 Å². The number of rotatable bonds is 1. The van der Waals surface area contributed by atoms with Crippen LogP contribution in [0.15, 0.2) is 0 Å². The first-order valence-corrected chi connectivity index (χ1v) is 5.97. The van der Waals surface area contributed by atoms with Crippen molar-refractivity contribution in [2.24, 2.45) is 5.41 Å². The number of hydrogen-bond acceptors (Lipinski definition) is 2. The van der Waals surface area contributed by atoms with Gasteiger partial charge in [-0.05, 0) is 32.1 Å². The number of nitrogens with zero attached hydrogens (tertiary/aromatic N) is 1. The first kappa shape index (κ1) is 10.4. The molecule has 1 heterocycles. The molecule has 0 bridgehead atoms. The van der Waals surface area contributed by atoms with Crippen molar-refractivity contribution in [2.75, 3.05) is 13.1 Å². The molecule has 2 rings (SSSR count). The lowest BCUT2D eigenvalue weighted by Gasteiger charge is -2.52. The Bertz CT molecular complexity index is 204. The van der Waals surface area contributed by atoms with E-state index in [9.17, 15) is 0 Å². The molecule has 14 heavy (non-hydrogen) atoms. The van der Waals surface area contributed by atoms with E-state index in [2.05, 4.69) is 37.9 Å². The van der Waals surface area contributed by atoms with Crippen LogP contribution in [0.1, 0.15) is 40.5 Å². The second-order valence-corrected chi connectivity index (χ2v) is 6.08. The molecule has 2 atom stereocenters. The molecule has 2 unspecified atom stereocenters. The van der Waals surface area contributed by atoms with Gasteiger partial charge in [-0.3, -0.25) is 4.90 Å². The predicted octanol–water partition coefficient (Wildman–Crippen LogP) is 1.86. The van der Waals surface area contributed by atoms with Crippen LogP contribution in [0.2, 0.25) is 0 Å². The lowest BCUT2D eigenvalue weighted by Crippen LogP contribution is -2.61. The summed E-state index contributed by atoms with van der Waals surface area (Å²) < 4.78 is 0. The molecular weight excluding hydrogens is 172 g/mol. The normalized spacial score (nSPS) is 39.4. The zero-order valence-corrected chi connectivity index (χ0v) is 10.0. The molecule has 0 aromatic rings. The molecule has 1 aliphatic heterocycles. The monoisotopic (exact) mass is 196 g/mol. The van der Waals surface area contributed by atoms with Crippen LogP contribution in [0.25, 0.3) is 0 Å². The SMILES string of the molecule is CC1CN(C2CC(C)(C)C2)C(C)CN1. The van der Waals surface area contributed by atoms with Crippen molar-refractivity contribution in [3.63, 3.8) is 0 Å². The zero-order valence-electron chi connectivity index (χ0n) is 10.0. The van der Waals surface area contributed by atoms with E-state index >= 15 is 0 Å². The minimum Gasteiger partial charge on any atom is -0.311 e. The molecule has 1 saturated heterocycles. The van der Waals surface area contributed by atoms with Crippen LogP contribution in [0.3, 0.4) is 0 Å². The van der Waals surface area contributed by atoms with Crippen LogP contribution in [0.4, 0.5) is 0 Å². The van der Waals surface area contributed by atoms with Crippen LogP contribution in [0.5, 0.6) is 0 Å². The summed E-state index contributed by atoms with van der Waals surface area (Å²) in [5, 5.41) is 3.54. The predicted molar refractivity (Wildman–Crippen MR) is 60.4 cm³/mol. The van der Waals surface area contributed by atoms with Crippen molar-refractivity contribution in [2.45, 2.75) is 58.7 Å². The summed E-state index contributed by atoms with van der Waals surface area (Å²) in [5.41, 5.74) is 0.610. The van der Waals surface area contributed by atoms with Crippen molar-refractivity contribution >= 4 is 0 Å². The second kappa shape index (κ2) is 3.49. The molecule has 0 amide bonds. The Morgan fingerprint density at radius 3 is 2.43 bits per heavy atom.